The maximum atomic E-state index is 12.0. The molecule has 154 valence electrons. The van der Waals surface area contributed by atoms with E-state index in [1.54, 1.807) is 0 Å². The van der Waals surface area contributed by atoms with Gasteiger partial charge in [0, 0.05) is 5.92 Å². The lowest BCUT2D eigenvalue weighted by Crippen LogP contribution is -2.59. The van der Waals surface area contributed by atoms with Crippen LogP contribution in [-0.4, -0.2) is 89.5 Å². The molecule has 0 amide bonds. The van der Waals surface area contributed by atoms with Gasteiger partial charge in [-0.15, -0.1) is 0 Å². The van der Waals surface area contributed by atoms with Crippen LogP contribution in [0.15, 0.2) is 0 Å². The van der Waals surface area contributed by atoms with Crippen LogP contribution in [0, 0.1) is 23.7 Å². The fourth-order valence-corrected chi connectivity index (χ4v) is 4.39. The molecule has 0 aromatic heterocycles. The van der Waals surface area contributed by atoms with E-state index >= 15 is 0 Å². The first-order valence-corrected chi connectivity index (χ1v) is 9.00. The molecule has 0 aromatic rings. The molecule has 2 aliphatic heterocycles. The number of ether oxygens (including phenoxy) is 4. The molecule has 27 heavy (non-hydrogen) atoms. The van der Waals surface area contributed by atoms with E-state index in [0.29, 0.717) is 6.42 Å². The molecule has 0 radical (unpaired) electrons. The topological polar surface area (TPSA) is 152 Å². The Kier molecular flexibility index (Phi) is 6.04. The van der Waals surface area contributed by atoms with Gasteiger partial charge in [0.1, 0.15) is 30.5 Å². The van der Waals surface area contributed by atoms with Gasteiger partial charge in [-0.2, -0.15) is 0 Å². The van der Waals surface area contributed by atoms with E-state index < -0.39 is 67.2 Å². The van der Waals surface area contributed by atoms with E-state index in [1.165, 1.54) is 7.11 Å². The number of rotatable bonds is 5. The first kappa shape index (κ1) is 20.4. The van der Waals surface area contributed by atoms with Gasteiger partial charge in [0.25, 0.3) is 0 Å². The fraction of sp³-hybridized carbons (Fsp3) is 0.882. The first-order chi connectivity index (χ1) is 12.8. The zero-order chi connectivity index (χ0) is 19.9. The molecule has 0 spiro atoms. The lowest BCUT2D eigenvalue weighted by atomic mass is 9.82. The van der Waals surface area contributed by atoms with E-state index in [4.69, 9.17) is 18.9 Å². The molecule has 1 aliphatic carbocycles. The summed E-state index contributed by atoms with van der Waals surface area (Å²) in [7, 11) is 1.21. The van der Waals surface area contributed by atoms with Crippen molar-refractivity contribution in [2.24, 2.45) is 23.7 Å². The van der Waals surface area contributed by atoms with Gasteiger partial charge in [0.15, 0.2) is 12.2 Å². The zero-order valence-electron chi connectivity index (χ0n) is 15.1. The van der Waals surface area contributed by atoms with E-state index in [9.17, 15) is 30.0 Å². The molecule has 10 heteroatoms. The third-order valence-corrected chi connectivity index (χ3v) is 5.92. The molecule has 10 nitrogen and oxygen atoms in total. The Morgan fingerprint density at radius 1 is 1.22 bits per heavy atom. The number of aliphatic hydroxyl groups excluding tert-OH is 4. The lowest BCUT2D eigenvalue weighted by Gasteiger charge is -2.40. The molecular formula is C17H26O10. The third kappa shape index (κ3) is 3.57. The average molecular weight is 390 g/mol. The molecule has 3 rings (SSSR count). The second-order valence-corrected chi connectivity index (χ2v) is 7.46. The molecule has 1 saturated carbocycles. The summed E-state index contributed by atoms with van der Waals surface area (Å²) in [5, 5.41) is 39.0. The van der Waals surface area contributed by atoms with Crippen LogP contribution in [0.5, 0.6) is 0 Å². The van der Waals surface area contributed by atoms with E-state index in [2.05, 4.69) is 0 Å². The highest BCUT2D eigenvalue weighted by Crippen LogP contribution is 2.48. The normalized spacial score (nSPS) is 46.8. The summed E-state index contributed by atoms with van der Waals surface area (Å²) in [5.74, 6) is -2.86. The van der Waals surface area contributed by atoms with Crippen molar-refractivity contribution in [2.75, 3.05) is 20.3 Å². The van der Waals surface area contributed by atoms with Crippen LogP contribution in [0.4, 0.5) is 0 Å². The third-order valence-electron chi connectivity index (χ3n) is 5.92. The van der Waals surface area contributed by atoms with Gasteiger partial charge in [-0.3, -0.25) is 9.59 Å². The molecule has 0 aromatic carbocycles. The first-order valence-electron chi connectivity index (χ1n) is 9.00. The summed E-state index contributed by atoms with van der Waals surface area (Å²) in [4.78, 5) is 24.1. The van der Waals surface area contributed by atoms with Gasteiger partial charge in [0.05, 0.1) is 20.3 Å². The summed E-state index contributed by atoms with van der Waals surface area (Å²) in [5.41, 5.74) is 0. The quantitative estimate of drug-likeness (QED) is 0.300. The van der Waals surface area contributed by atoms with Gasteiger partial charge in [-0.05, 0) is 18.3 Å². The maximum Gasteiger partial charge on any atom is 0.321 e. The van der Waals surface area contributed by atoms with E-state index in [-0.39, 0.29) is 18.4 Å². The second-order valence-electron chi connectivity index (χ2n) is 7.46. The standard InChI is InChI=1S/C17H26O10/c1-6-3-8-10(11(15(22)24-2)16(23)26-8)7(6)5-25-17-14(21)13(20)12(19)9(4-18)27-17/h6-14,17-21H,3-5H2,1-2H3/t6-,7+,8-,9+,10+,11-,12+,13-,14+,17+/m0/s1. The van der Waals surface area contributed by atoms with Crippen LogP contribution in [0.2, 0.25) is 0 Å². The fourth-order valence-electron chi connectivity index (χ4n) is 4.39. The van der Waals surface area contributed by atoms with Crippen molar-refractivity contribution in [1.82, 2.24) is 0 Å². The van der Waals surface area contributed by atoms with Gasteiger partial charge >= 0.3 is 11.9 Å². The summed E-state index contributed by atoms with van der Waals surface area (Å²) in [6.07, 6.45) is -6.67. The van der Waals surface area contributed by atoms with Crippen molar-refractivity contribution in [3.63, 3.8) is 0 Å². The molecular weight excluding hydrogens is 364 g/mol. The molecule has 2 saturated heterocycles. The Balaban J connectivity index is 1.69. The Hall–Kier alpha value is -1.30. The molecule has 3 fully saturated rings. The molecule has 3 aliphatic rings. The number of fused-ring (bicyclic) bond motifs is 1. The van der Waals surface area contributed by atoms with Crippen molar-refractivity contribution in [3.05, 3.63) is 0 Å². The molecule has 2 heterocycles. The Labute approximate surface area is 156 Å². The highest BCUT2D eigenvalue weighted by molar-refractivity contribution is 5.96. The van der Waals surface area contributed by atoms with Crippen LogP contribution < -0.4 is 0 Å². The highest BCUT2D eigenvalue weighted by Gasteiger charge is 2.58. The predicted molar refractivity (Wildman–Crippen MR) is 85.9 cm³/mol. The number of methoxy groups -OCH3 is 1. The van der Waals surface area contributed by atoms with Crippen molar-refractivity contribution in [1.29, 1.82) is 0 Å². The number of hydrogen-bond donors (Lipinski definition) is 4. The predicted octanol–water partition coefficient (Wildman–Crippen LogP) is -2.21. The smallest absolute Gasteiger partial charge is 0.321 e. The van der Waals surface area contributed by atoms with Crippen molar-refractivity contribution in [3.8, 4) is 0 Å². The molecule has 0 bridgehead atoms. The molecule has 10 atom stereocenters. The Bertz CT molecular complexity index is 558. The number of esters is 2. The molecule has 0 unspecified atom stereocenters. The number of carbonyl (C=O) groups excluding carboxylic acids is 2. The maximum absolute atomic E-state index is 12.0. The van der Waals surface area contributed by atoms with Crippen molar-refractivity contribution >= 4 is 11.9 Å². The highest BCUT2D eigenvalue weighted by atomic mass is 16.7. The van der Waals surface area contributed by atoms with Gasteiger partial charge < -0.3 is 39.4 Å². The van der Waals surface area contributed by atoms with Gasteiger partial charge in [-0.1, -0.05) is 6.92 Å². The summed E-state index contributed by atoms with van der Waals surface area (Å²) < 4.78 is 21.0. The van der Waals surface area contributed by atoms with Crippen LogP contribution in [0.25, 0.3) is 0 Å². The van der Waals surface area contributed by atoms with Gasteiger partial charge in [0.2, 0.25) is 0 Å². The number of hydrogen-bond acceptors (Lipinski definition) is 10. The van der Waals surface area contributed by atoms with Crippen molar-refractivity contribution in [2.45, 2.75) is 50.2 Å². The summed E-state index contributed by atoms with van der Waals surface area (Å²) in [6, 6.07) is 0. The van der Waals surface area contributed by atoms with E-state index in [1.807, 2.05) is 6.92 Å². The van der Waals surface area contributed by atoms with Crippen LogP contribution in [0.3, 0.4) is 0 Å². The van der Waals surface area contributed by atoms with E-state index in [0.717, 1.165) is 0 Å². The monoisotopic (exact) mass is 390 g/mol. The summed E-state index contributed by atoms with van der Waals surface area (Å²) in [6.45, 7) is 1.43. The Morgan fingerprint density at radius 2 is 1.93 bits per heavy atom. The lowest BCUT2D eigenvalue weighted by molar-refractivity contribution is -0.304. The van der Waals surface area contributed by atoms with Crippen LogP contribution in [-0.2, 0) is 28.5 Å². The number of carbonyl (C=O) groups is 2. The van der Waals surface area contributed by atoms with Crippen molar-refractivity contribution < 1.29 is 49.0 Å². The minimum atomic E-state index is -1.53. The Morgan fingerprint density at radius 3 is 2.56 bits per heavy atom. The summed E-state index contributed by atoms with van der Waals surface area (Å²) >= 11 is 0. The zero-order valence-corrected chi connectivity index (χ0v) is 15.1. The second kappa shape index (κ2) is 7.98. The van der Waals surface area contributed by atoms with Gasteiger partial charge in [-0.25, -0.2) is 0 Å². The average Bonchev–Trinajstić information content (AvgIpc) is 3.11. The number of aliphatic hydroxyl groups is 4. The minimum absolute atomic E-state index is 0.0369. The minimum Gasteiger partial charge on any atom is -0.468 e. The van der Waals surface area contributed by atoms with Crippen LogP contribution in [0.1, 0.15) is 13.3 Å². The largest absolute Gasteiger partial charge is 0.468 e. The molecule has 4 N–H and O–H groups in total. The SMILES string of the molecule is COC(=O)[C@H]1C(=O)O[C@H]2C[C@H](C)[C@@H](CO[C@@H]3O[C@H](CO)[C@@H](O)[C@H](O)[C@H]3O)[C@@H]12. The van der Waals surface area contributed by atoms with Crippen LogP contribution >= 0.6 is 0 Å².